The monoisotopic (exact) mass is 409 g/mol. The molecule has 0 radical (unpaired) electrons. The minimum Gasteiger partial charge on any atom is -0.611 e. The van der Waals surface area contributed by atoms with Crippen molar-refractivity contribution in [3.05, 3.63) is 40.5 Å². The molecule has 0 saturated heterocycles. The SMILES string of the molecule is CCOC(=O)c1noc(C2CC2)c1C(=O)c1ccc(F)c(OC)c1[S+]([O-])CC. The summed E-state index contributed by atoms with van der Waals surface area (Å²) in [5.41, 5.74) is -0.275. The van der Waals surface area contributed by atoms with Crippen LogP contribution in [0.2, 0.25) is 0 Å². The number of benzene rings is 1. The van der Waals surface area contributed by atoms with Crippen molar-refractivity contribution < 1.29 is 32.5 Å². The first-order chi connectivity index (χ1) is 13.4. The lowest BCUT2D eigenvalue weighted by atomic mass is 9.99. The Morgan fingerprint density at radius 1 is 1.36 bits per heavy atom. The van der Waals surface area contributed by atoms with E-state index >= 15 is 0 Å². The highest BCUT2D eigenvalue weighted by molar-refractivity contribution is 7.91. The number of hydrogen-bond acceptors (Lipinski definition) is 7. The summed E-state index contributed by atoms with van der Waals surface area (Å²) >= 11 is -1.68. The van der Waals surface area contributed by atoms with Gasteiger partial charge >= 0.3 is 5.97 Å². The minimum atomic E-state index is -1.68. The van der Waals surface area contributed by atoms with Gasteiger partial charge in [0.2, 0.25) is 22.1 Å². The van der Waals surface area contributed by atoms with Crippen molar-refractivity contribution in [3.8, 4) is 5.75 Å². The summed E-state index contributed by atoms with van der Waals surface area (Å²) in [6, 6.07) is 2.30. The Kier molecular flexibility index (Phi) is 6.04. The smallest absolute Gasteiger partial charge is 0.361 e. The highest BCUT2D eigenvalue weighted by Gasteiger charge is 2.39. The molecule has 1 heterocycles. The maximum atomic E-state index is 14.2. The van der Waals surface area contributed by atoms with Gasteiger partial charge in [-0.1, -0.05) is 5.16 Å². The number of nitrogens with zero attached hydrogens (tertiary/aromatic N) is 1. The number of ketones is 1. The van der Waals surface area contributed by atoms with Crippen LogP contribution in [0.3, 0.4) is 0 Å². The van der Waals surface area contributed by atoms with Crippen molar-refractivity contribution in [2.24, 2.45) is 0 Å². The summed E-state index contributed by atoms with van der Waals surface area (Å²) in [4.78, 5) is 25.6. The van der Waals surface area contributed by atoms with E-state index in [4.69, 9.17) is 14.0 Å². The van der Waals surface area contributed by atoms with Crippen molar-refractivity contribution in [3.63, 3.8) is 0 Å². The Bertz CT molecular complexity index is 908. The number of rotatable bonds is 8. The molecule has 0 bridgehead atoms. The van der Waals surface area contributed by atoms with Gasteiger partial charge in [0.05, 0.1) is 19.3 Å². The Labute approximate surface area is 164 Å². The van der Waals surface area contributed by atoms with Crippen molar-refractivity contribution in [1.82, 2.24) is 5.16 Å². The average molecular weight is 409 g/mol. The van der Waals surface area contributed by atoms with Crippen LogP contribution in [0.15, 0.2) is 21.6 Å². The first kappa shape index (κ1) is 20.3. The number of hydrogen-bond donors (Lipinski definition) is 0. The van der Waals surface area contributed by atoms with E-state index in [0.29, 0.717) is 5.76 Å². The largest absolute Gasteiger partial charge is 0.611 e. The van der Waals surface area contributed by atoms with E-state index in [0.717, 1.165) is 18.9 Å². The normalized spacial score (nSPS) is 14.6. The van der Waals surface area contributed by atoms with Crippen molar-refractivity contribution in [2.45, 2.75) is 37.5 Å². The lowest BCUT2D eigenvalue weighted by molar-refractivity contribution is 0.0512. The molecule has 1 aliphatic rings. The summed E-state index contributed by atoms with van der Waals surface area (Å²) in [5.74, 6) is -1.96. The lowest BCUT2D eigenvalue weighted by Gasteiger charge is -2.16. The van der Waals surface area contributed by atoms with Crippen molar-refractivity contribution in [1.29, 1.82) is 0 Å². The Morgan fingerprint density at radius 2 is 2.07 bits per heavy atom. The molecule has 28 heavy (non-hydrogen) atoms. The molecular formula is C19H20FNO6S. The van der Waals surface area contributed by atoms with Gasteiger partial charge in [0.15, 0.2) is 11.6 Å². The van der Waals surface area contributed by atoms with Crippen LogP contribution < -0.4 is 4.74 Å². The molecule has 1 unspecified atom stereocenters. The zero-order chi connectivity index (χ0) is 20.4. The van der Waals surface area contributed by atoms with Gasteiger partial charge in [0.1, 0.15) is 11.3 Å². The van der Waals surface area contributed by atoms with Gasteiger partial charge in [-0.05, 0) is 50.0 Å². The fraction of sp³-hybridized carbons (Fsp3) is 0.421. The van der Waals surface area contributed by atoms with Crippen LogP contribution in [0.25, 0.3) is 0 Å². The fourth-order valence-electron chi connectivity index (χ4n) is 2.90. The Morgan fingerprint density at radius 3 is 2.64 bits per heavy atom. The summed E-state index contributed by atoms with van der Waals surface area (Å²) in [6.07, 6.45) is 1.61. The number of carbonyl (C=O) groups excluding carboxylic acids is 2. The van der Waals surface area contributed by atoms with Gasteiger partial charge in [-0.3, -0.25) is 4.79 Å². The predicted molar refractivity (Wildman–Crippen MR) is 97.8 cm³/mol. The zero-order valence-corrected chi connectivity index (χ0v) is 16.6. The summed E-state index contributed by atoms with van der Waals surface area (Å²) in [5, 5.41) is 3.75. The van der Waals surface area contributed by atoms with E-state index in [1.807, 2.05) is 0 Å². The van der Waals surface area contributed by atoms with Crippen molar-refractivity contribution in [2.75, 3.05) is 19.5 Å². The molecule has 0 N–H and O–H groups in total. The highest BCUT2D eigenvalue weighted by Crippen LogP contribution is 2.44. The highest BCUT2D eigenvalue weighted by atomic mass is 32.2. The maximum Gasteiger partial charge on any atom is 0.361 e. The van der Waals surface area contributed by atoms with Gasteiger partial charge in [0.25, 0.3) is 0 Å². The molecule has 0 spiro atoms. The molecular weight excluding hydrogens is 389 g/mol. The Balaban J connectivity index is 2.17. The van der Waals surface area contributed by atoms with Crippen LogP contribution in [-0.4, -0.2) is 40.9 Å². The topological polar surface area (TPSA) is 102 Å². The van der Waals surface area contributed by atoms with Crippen LogP contribution in [0, 0.1) is 5.82 Å². The van der Waals surface area contributed by atoms with Gasteiger partial charge in [-0.2, -0.15) is 0 Å². The van der Waals surface area contributed by atoms with Crippen LogP contribution in [0.5, 0.6) is 5.75 Å². The molecule has 1 aliphatic carbocycles. The maximum absolute atomic E-state index is 14.2. The number of ether oxygens (including phenoxy) is 2. The molecule has 1 atom stereocenters. The van der Waals surface area contributed by atoms with E-state index in [1.165, 1.54) is 13.2 Å². The minimum absolute atomic E-state index is 0.0166. The second-order valence-corrected chi connectivity index (χ2v) is 7.86. The summed E-state index contributed by atoms with van der Waals surface area (Å²) in [6.45, 7) is 3.38. The van der Waals surface area contributed by atoms with Gasteiger partial charge in [-0.15, -0.1) is 0 Å². The van der Waals surface area contributed by atoms with E-state index in [1.54, 1.807) is 13.8 Å². The predicted octanol–water partition coefficient (Wildman–Crippen LogP) is 3.23. The second-order valence-electron chi connectivity index (χ2n) is 6.19. The molecule has 1 aromatic heterocycles. The van der Waals surface area contributed by atoms with E-state index in [9.17, 15) is 18.5 Å². The lowest BCUT2D eigenvalue weighted by Crippen LogP contribution is -2.18. The molecule has 3 rings (SSSR count). The molecule has 150 valence electrons. The Hall–Kier alpha value is -2.39. The van der Waals surface area contributed by atoms with Gasteiger partial charge in [-0.25, -0.2) is 9.18 Å². The molecule has 1 aromatic carbocycles. The molecule has 7 nitrogen and oxygen atoms in total. The number of aromatic nitrogens is 1. The summed E-state index contributed by atoms with van der Waals surface area (Å²) < 4.78 is 42.1. The molecule has 1 saturated carbocycles. The van der Waals surface area contributed by atoms with Crippen molar-refractivity contribution >= 4 is 22.9 Å². The first-order valence-electron chi connectivity index (χ1n) is 8.90. The van der Waals surface area contributed by atoms with Crippen LogP contribution in [0.4, 0.5) is 4.39 Å². The summed E-state index contributed by atoms with van der Waals surface area (Å²) in [7, 11) is 1.24. The number of methoxy groups -OCH3 is 1. The third-order valence-electron chi connectivity index (χ3n) is 4.37. The first-order valence-corrected chi connectivity index (χ1v) is 10.2. The third-order valence-corrected chi connectivity index (χ3v) is 5.75. The van der Waals surface area contributed by atoms with Crippen LogP contribution >= 0.6 is 0 Å². The second kappa shape index (κ2) is 8.32. The standard InChI is InChI=1S/C19H20FNO6S/c1-4-26-19(23)14-13(16(27-21-14)10-6-7-10)15(22)11-8-9-12(20)17(25-3)18(11)28(24)5-2/h8-10H,4-7H2,1-3H3. The molecule has 2 aromatic rings. The fourth-order valence-corrected chi connectivity index (χ4v) is 3.98. The number of halogens is 1. The number of esters is 1. The quantitative estimate of drug-likeness (QED) is 0.375. The molecule has 0 aliphatic heterocycles. The van der Waals surface area contributed by atoms with Gasteiger partial charge in [0, 0.05) is 5.92 Å². The molecule has 0 amide bonds. The zero-order valence-electron chi connectivity index (χ0n) is 15.7. The molecule has 1 fully saturated rings. The van der Waals surface area contributed by atoms with E-state index in [2.05, 4.69) is 5.16 Å². The molecule has 9 heteroatoms. The van der Waals surface area contributed by atoms with E-state index < -0.39 is 28.7 Å². The van der Waals surface area contributed by atoms with Crippen LogP contribution in [-0.2, 0) is 15.9 Å². The van der Waals surface area contributed by atoms with Crippen LogP contribution in [0.1, 0.15) is 64.8 Å². The number of carbonyl (C=O) groups is 2. The van der Waals surface area contributed by atoms with Gasteiger partial charge < -0.3 is 18.5 Å². The third kappa shape index (κ3) is 3.64. The van der Waals surface area contributed by atoms with E-state index in [-0.39, 0.29) is 45.7 Å². The average Bonchev–Trinajstić information content (AvgIpc) is 3.44.